The van der Waals surface area contributed by atoms with Crippen LogP contribution in [0.5, 0.6) is 0 Å². The van der Waals surface area contributed by atoms with E-state index < -0.39 is 22.2 Å². The molecule has 0 unspecified atom stereocenters. The maximum absolute atomic E-state index is 14.4. The molecule has 8 nitrogen and oxygen atoms in total. The van der Waals surface area contributed by atoms with Crippen LogP contribution in [0.2, 0.25) is 5.02 Å². The Kier molecular flexibility index (Phi) is 8.78. The molecule has 222 valence electrons. The van der Waals surface area contributed by atoms with Gasteiger partial charge in [0, 0.05) is 54.6 Å². The Morgan fingerprint density at radius 3 is 2.45 bits per heavy atom. The third-order valence-corrected chi connectivity index (χ3v) is 10.3. The number of hydrogen-bond donors (Lipinski definition) is 1. The molecule has 0 bridgehead atoms. The summed E-state index contributed by atoms with van der Waals surface area (Å²) in [5, 5.41) is 11.6. The van der Waals surface area contributed by atoms with Gasteiger partial charge in [0.1, 0.15) is 5.69 Å². The Morgan fingerprint density at radius 1 is 1.07 bits per heavy atom. The molecule has 0 saturated carbocycles. The molecule has 0 saturated heterocycles. The lowest BCUT2D eigenvalue weighted by molar-refractivity contribution is -0.0147. The topological polar surface area (TPSA) is 92.1 Å². The third kappa shape index (κ3) is 5.59. The number of aryl methyl sites for hydroxylation is 1. The van der Waals surface area contributed by atoms with Crippen molar-refractivity contribution in [3.8, 4) is 11.1 Å². The van der Waals surface area contributed by atoms with Crippen molar-refractivity contribution in [2.75, 3.05) is 26.7 Å². The van der Waals surface area contributed by atoms with Crippen molar-refractivity contribution >= 4 is 38.4 Å². The third-order valence-electron chi connectivity index (χ3n) is 8.18. The van der Waals surface area contributed by atoms with Gasteiger partial charge in [-0.1, -0.05) is 61.0 Å². The van der Waals surface area contributed by atoms with Crippen LogP contribution in [0.15, 0.2) is 77.7 Å². The molecule has 3 atom stereocenters. The minimum absolute atomic E-state index is 0.0692. The predicted octanol–water partition coefficient (Wildman–Crippen LogP) is 5.18. The number of carbonyl (C=O) groups excluding carboxylic acids is 1. The van der Waals surface area contributed by atoms with Gasteiger partial charge in [0.15, 0.2) is 0 Å². The van der Waals surface area contributed by atoms with E-state index in [9.17, 15) is 18.3 Å². The standard InChI is InChI=1S/C32H36ClN3O5S/c1-21-17-36(22(2)19-37)32(38)31-30(27-11-7-8-12-28(27)35(31)4)26-10-6-5-9-23(26)20-41-29(21)18-34(3)42(39,40)25-15-13-24(33)14-16-25/h5-16,21-22,29,37H,17-20H2,1-4H3/t21-,22-,29+/m1/s1. The van der Waals surface area contributed by atoms with E-state index in [-0.39, 0.29) is 43.0 Å². The molecule has 0 radical (unpaired) electrons. The second-order valence-electron chi connectivity index (χ2n) is 11.0. The first-order valence-corrected chi connectivity index (χ1v) is 15.8. The number of likely N-dealkylation sites (N-methyl/N-ethyl adjacent to an activating group) is 1. The molecule has 3 aromatic carbocycles. The number of para-hydroxylation sites is 1. The number of amides is 1. The molecule has 0 spiro atoms. The van der Waals surface area contributed by atoms with Gasteiger partial charge in [0.2, 0.25) is 10.0 Å². The Balaban J connectivity index is 1.60. The molecule has 1 aromatic heterocycles. The number of aromatic nitrogens is 1. The maximum atomic E-state index is 14.4. The fraction of sp³-hybridized carbons (Fsp3) is 0.344. The number of hydrogen-bond acceptors (Lipinski definition) is 5. The number of fused-ring (bicyclic) bond motifs is 5. The normalized spacial score (nSPS) is 18.9. The molecule has 1 aliphatic rings. The Hall–Kier alpha value is -3.21. The lowest BCUT2D eigenvalue weighted by Crippen LogP contribution is -2.48. The zero-order valence-electron chi connectivity index (χ0n) is 24.2. The zero-order chi connectivity index (χ0) is 30.2. The fourth-order valence-corrected chi connectivity index (χ4v) is 6.97. The van der Waals surface area contributed by atoms with E-state index in [0.717, 1.165) is 27.6 Å². The Morgan fingerprint density at radius 2 is 1.74 bits per heavy atom. The second-order valence-corrected chi connectivity index (χ2v) is 13.5. The van der Waals surface area contributed by atoms with Gasteiger partial charge in [0.05, 0.1) is 30.3 Å². The smallest absolute Gasteiger partial charge is 0.271 e. The summed E-state index contributed by atoms with van der Waals surface area (Å²) in [6, 6.07) is 21.4. The highest BCUT2D eigenvalue weighted by Gasteiger charge is 2.34. The molecule has 1 N–H and O–H groups in total. The van der Waals surface area contributed by atoms with Crippen molar-refractivity contribution < 1.29 is 23.1 Å². The van der Waals surface area contributed by atoms with E-state index in [1.807, 2.05) is 74.0 Å². The number of aliphatic hydroxyl groups is 1. The molecule has 4 aromatic rings. The molecular weight excluding hydrogens is 574 g/mol. The molecule has 2 heterocycles. The van der Waals surface area contributed by atoms with Gasteiger partial charge in [-0.3, -0.25) is 4.79 Å². The lowest BCUT2D eigenvalue weighted by Gasteiger charge is -2.35. The summed E-state index contributed by atoms with van der Waals surface area (Å²) in [6.45, 7) is 4.10. The van der Waals surface area contributed by atoms with Crippen LogP contribution in [0.25, 0.3) is 22.0 Å². The highest BCUT2D eigenvalue weighted by Crippen LogP contribution is 2.38. The van der Waals surface area contributed by atoms with E-state index in [1.165, 1.54) is 23.5 Å². The summed E-state index contributed by atoms with van der Waals surface area (Å²) in [6.07, 6.45) is -0.552. The summed E-state index contributed by atoms with van der Waals surface area (Å²) in [7, 11) is -0.403. The van der Waals surface area contributed by atoms with E-state index in [1.54, 1.807) is 17.0 Å². The zero-order valence-corrected chi connectivity index (χ0v) is 25.8. The van der Waals surface area contributed by atoms with Crippen molar-refractivity contribution in [3.05, 3.63) is 89.1 Å². The molecule has 5 rings (SSSR count). The Bertz CT molecular complexity index is 1700. The van der Waals surface area contributed by atoms with Crippen molar-refractivity contribution in [2.45, 2.75) is 37.5 Å². The highest BCUT2D eigenvalue weighted by atomic mass is 35.5. The van der Waals surface area contributed by atoms with E-state index >= 15 is 0 Å². The van der Waals surface area contributed by atoms with Gasteiger partial charge in [-0.15, -0.1) is 0 Å². The molecule has 0 aliphatic carbocycles. The minimum Gasteiger partial charge on any atom is -0.394 e. The van der Waals surface area contributed by atoms with Gasteiger partial charge in [0.25, 0.3) is 5.91 Å². The number of ether oxygens (including phenoxy) is 1. The number of carbonyl (C=O) groups is 1. The fourth-order valence-electron chi connectivity index (χ4n) is 5.66. The van der Waals surface area contributed by atoms with Gasteiger partial charge in [-0.25, -0.2) is 8.42 Å². The van der Waals surface area contributed by atoms with Crippen LogP contribution in [0.4, 0.5) is 0 Å². The molecular formula is C32H36ClN3O5S. The quantitative estimate of drug-likeness (QED) is 0.325. The summed E-state index contributed by atoms with van der Waals surface area (Å²) in [5.74, 6) is -0.469. The SMILES string of the molecule is C[C@@H]1CN([C@H](C)CO)C(=O)c2c(c3ccccc3n2C)-c2ccccc2CO[C@H]1CN(C)S(=O)(=O)c1ccc(Cl)cc1. The summed E-state index contributed by atoms with van der Waals surface area (Å²) >= 11 is 5.98. The second kappa shape index (κ2) is 12.2. The van der Waals surface area contributed by atoms with Crippen LogP contribution in [0.1, 0.15) is 29.9 Å². The number of benzene rings is 3. The molecule has 10 heteroatoms. The average molecular weight is 610 g/mol. The van der Waals surface area contributed by atoms with Crippen LogP contribution in [0.3, 0.4) is 0 Å². The Labute approximate surface area is 252 Å². The van der Waals surface area contributed by atoms with Crippen molar-refractivity contribution in [3.63, 3.8) is 0 Å². The van der Waals surface area contributed by atoms with Gasteiger partial charge < -0.3 is 19.3 Å². The number of aliphatic hydroxyl groups excluding tert-OH is 1. The van der Waals surface area contributed by atoms with Crippen LogP contribution in [-0.4, -0.2) is 72.1 Å². The molecule has 0 fully saturated rings. The largest absolute Gasteiger partial charge is 0.394 e. The van der Waals surface area contributed by atoms with Crippen LogP contribution in [0, 0.1) is 5.92 Å². The van der Waals surface area contributed by atoms with Crippen molar-refractivity contribution in [2.24, 2.45) is 13.0 Å². The average Bonchev–Trinajstić information content (AvgIpc) is 3.28. The number of halogens is 1. The first-order valence-electron chi connectivity index (χ1n) is 14.0. The number of nitrogens with zero attached hydrogens (tertiary/aromatic N) is 3. The first-order chi connectivity index (χ1) is 20.0. The highest BCUT2D eigenvalue weighted by molar-refractivity contribution is 7.89. The predicted molar refractivity (Wildman–Crippen MR) is 165 cm³/mol. The van der Waals surface area contributed by atoms with Crippen molar-refractivity contribution in [1.29, 1.82) is 0 Å². The van der Waals surface area contributed by atoms with Gasteiger partial charge in [-0.05, 0) is 48.4 Å². The summed E-state index contributed by atoms with van der Waals surface area (Å²) in [4.78, 5) is 16.3. The molecule has 42 heavy (non-hydrogen) atoms. The van der Waals surface area contributed by atoms with Gasteiger partial charge in [-0.2, -0.15) is 4.31 Å². The number of sulfonamides is 1. The van der Waals surface area contributed by atoms with Crippen molar-refractivity contribution in [1.82, 2.24) is 13.8 Å². The lowest BCUT2D eigenvalue weighted by atomic mass is 9.96. The van der Waals surface area contributed by atoms with Crippen LogP contribution in [-0.2, 0) is 28.4 Å². The first kappa shape index (κ1) is 30.3. The van der Waals surface area contributed by atoms with E-state index in [0.29, 0.717) is 10.7 Å². The monoisotopic (exact) mass is 609 g/mol. The minimum atomic E-state index is -3.82. The number of rotatable bonds is 6. The molecule has 1 aliphatic heterocycles. The van der Waals surface area contributed by atoms with E-state index in [2.05, 4.69) is 0 Å². The summed E-state index contributed by atoms with van der Waals surface area (Å²) < 4.78 is 36.6. The maximum Gasteiger partial charge on any atom is 0.271 e. The van der Waals surface area contributed by atoms with E-state index in [4.69, 9.17) is 16.3 Å². The van der Waals surface area contributed by atoms with Crippen LogP contribution < -0.4 is 0 Å². The van der Waals surface area contributed by atoms with Gasteiger partial charge >= 0.3 is 0 Å². The summed E-state index contributed by atoms with van der Waals surface area (Å²) in [5.41, 5.74) is 4.06. The molecule has 1 amide bonds. The van der Waals surface area contributed by atoms with Crippen LogP contribution >= 0.6 is 11.6 Å².